The maximum Gasteiger partial charge on any atom is 0.280 e. The van der Waals surface area contributed by atoms with E-state index in [0.717, 1.165) is 24.8 Å². The molecule has 1 aliphatic heterocycles. The second-order valence-electron chi connectivity index (χ2n) is 7.80. The third-order valence-electron chi connectivity index (χ3n) is 5.42. The van der Waals surface area contributed by atoms with Crippen LogP contribution in [0.4, 0.5) is 0 Å². The number of H-pyrrole nitrogens is 1. The van der Waals surface area contributed by atoms with Crippen LogP contribution >= 0.6 is 11.6 Å². The topological polar surface area (TPSA) is 113 Å². The van der Waals surface area contributed by atoms with Crippen LogP contribution in [-0.2, 0) is 11.3 Å². The lowest BCUT2D eigenvalue weighted by Gasteiger charge is -2.33. The molecule has 3 heterocycles. The van der Waals surface area contributed by atoms with Gasteiger partial charge in [0, 0.05) is 23.2 Å². The van der Waals surface area contributed by atoms with Crippen LogP contribution < -0.4 is 10.9 Å². The van der Waals surface area contributed by atoms with Crippen molar-refractivity contribution in [3.8, 4) is 11.3 Å². The van der Waals surface area contributed by atoms with Gasteiger partial charge in [0.15, 0.2) is 5.76 Å². The van der Waals surface area contributed by atoms with Gasteiger partial charge >= 0.3 is 0 Å². The van der Waals surface area contributed by atoms with E-state index in [-0.39, 0.29) is 36.5 Å². The number of carbonyl (C=O) groups is 2. The molecule has 0 spiro atoms. The number of nitrogens with zero attached hydrogens (tertiary/aromatic N) is 3. The largest absolute Gasteiger partial charge is 0.382 e. The molecule has 0 saturated carbocycles. The first-order chi connectivity index (χ1) is 15.4. The molecule has 0 aliphatic carbocycles. The van der Waals surface area contributed by atoms with Crippen LogP contribution in [0.1, 0.15) is 48.5 Å². The molecule has 0 fully saturated rings. The highest BCUT2D eigenvalue weighted by Crippen LogP contribution is 2.29. The first kappa shape index (κ1) is 21.9. The minimum atomic E-state index is -0.371. The van der Waals surface area contributed by atoms with Gasteiger partial charge in [-0.2, -0.15) is 10.3 Å². The molecule has 0 radical (unpaired) electrons. The van der Waals surface area contributed by atoms with Gasteiger partial charge in [-0.25, -0.2) is 0 Å². The molecule has 32 heavy (non-hydrogen) atoms. The Kier molecular flexibility index (Phi) is 6.45. The molecule has 1 aromatic carbocycles. The fraction of sp³-hybridized carbons (Fsp3) is 0.364. The molecule has 1 atom stereocenters. The highest BCUT2D eigenvalue weighted by Gasteiger charge is 2.33. The van der Waals surface area contributed by atoms with Gasteiger partial charge < -0.3 is 14.7 Å². The van der Waals surface area contributed by atoms with Crippen molar-refractivity contribution in [2.45, 2.75) is 38.8 Å². The highest BCUT2D eigenvalue weighted by molar-refractivity contribution is 6.30. The molecular formula is C22H24ClN5O4. The van der Waals surface area contributed by atoms with Crippen molar-refractivity contribution < 1.29 is 14.1 Å². The van der Waals surface area contributed by atoms with Crippen LogP contribution in [0.3, 0.4) is 0 Å². The molecule has 1 unspecified atom stereocenters. The van der Waals surface area contributed by atoms with E-state index in [1.807, 2.05) is 12.1 Å². The highest BCUT2D eigenvalue weighted by atomic mass is 35.5. The van der Waals surface area contributed by atoms with Gasteiger partial charge in [-0.1, -0.05) is 43.5 Å². The van der Waals surface area contributed by atoms with Crippen LogP contribution in [0.5, 0.6) is 0 Å². The predicted molar refractivity (Wildman–Crippen MR) is 118 cm³/mol. The number of amides is 2. The van der Waals surface area contributed by atoms with Gasteiger partial charge in [-0.05, 0) is 24.6 Å². The molecule has 0 bridgehead atoms. The van der Waals surface area contributed by atoms with Crippen molar-refractivity contribution in [1.82, 2.24) is 25.2 Å². The summed E-state index contributed by atoms with van der Waals surface area (Å²) < 4.78 is 6.73. The van der Waals surface area contributed by atoms with Crippen molar-refractivity contribution in [2.75, 3.05) is 13.1 Å². The number of rotatable bonds is 8. The fourth-order valence-electron chi connectivity index (χ4n) is 3.78. The Balaban J connectivity index is 1.52. The Morgan fingerprint density at radius 1 is 1.28 bits per heavy atom. The molecular weight excluding hydrogens is 434 g/mol. The number of aromatic nitrogens is 3. The van der Waals surface area contributed by atoms with Crippen LogP contribution in [0.25, 0.3) is 11.3 Å². The van der Waals surface area contributed by atoms with E-state index < -0.39 is 0 Å². The quantitative estimate of drug-likeness (QED) is 0.539. The molecule has 0 saturated heterocycles. The summed E-state index contributed by atoms with van der Waals surface area (Å²) in [6, 6.07) is 10.3. The lowest BCUT2D eigenvalue weighted by atomic mass is 10.1. The summed E-state index contributed by atoms with van der Waals surface area (Å²) in [5.74, 6) is -0.254. The summed E-state index contributed by atoms with van der Waals surface area (Å²) in [5, 5.41) is 10.2. The zero-order valence-electron chi connectivity index (χ0n) is 17.6. The minimum absolute atomic E-state index is 0.0146. The number of unbranched alkanes of at least 4 members (excludes halogenated alkanes) is 1. The zero-order valence-corrected chi connectivity index (χ0v) is 18.4. The number of hydrogen-bond acceptors (Lipinski definition) is 5. The van der Waals surface area contributed by atoms with E-state index in [1.165, 1.54) is 6.07 Å². The molecule has 2 aromatic heterocycles. The average molecular weight is 458 g/mol. The second kappa shape index (κ2) is 9.44. The Morgan fingerprint density at radius 3 is 2.75 bits per heavy atom. The Morgan fingerprint density at radius 2 is 2.06 bits per heavy atom. The van der Waals surface area contributed by atoms with Gasteiger partial charge in [0.1, 0.15) is 5.69 Å². The van der Waals surface area contributed by atoms with Crippen molar-refractivity contribution in [1.29, 1.82) is 0 Å². The lowest BCUT2D eigenvalue weighted by Crippen LogP contribution is -2.47. The van der Waals surface area contributed by atoms with Gasteiger partial charge in [-0.15, -0.1) is 0 Å². The molecule has 2 N–H and O–H groups in total. The van der Waals surface area contributed by atoms with E-state index in [9.17, 15) is 14.4 Å². The van der Waals surface area contributed by atoms with E-state index in [1.54, 1.807) is 27.8 Å². The van der Waals surface area contributed by atoms with E-state index >= 15 is 0 Å². The molecule has 1 aliphatic rings. The third kappa shape index (κ3) is 4.77. The van der Waals surface area contributed by atoms with Crippen molar-refractivity contribution in [2.24, 2.45) is 0 Å². The number of fused-ring (bicyclic) bond motifs is 1. The third-order valence-corrected chi connectivity index (χ3v) is 5.67. The summed E-state index contributed by atoms with van der Waals surface area (Å²) in [6.45, 7) is 2.50. The molecule has 2 amide bonds. The fourth-order valence-corrected chi connectivity index (χ4v) is 3.91. The van der Waals surface area contributed by atoms with Gasteiger partial charge in [0.2, 0.25) is 5.91 Å². The Hall–Kier alpha value is -3.33. The number of carbonyl (C=O) groups excluding carboxylic acids is 2. The summed E-state index contributed by atoms with van der Waals surface area (Å²) in [7, 11) is 0. The normalized spacial score (nSPS) is 15.6. The van der Waals surface area contributed by atoms with E-state index in [0.29, 0.717) is 28.7 Å². The predicted octanol–water partition coefficient (Wildman–Crippen LogP) is 2.99. The molecule has 10 heteroatoms. The number of nitrogens with one attached hydrogen (secondary N) is 2. The van der Waals surface area contributed by atoms with Gasteiger partial charge in [0.05, 0.1) is 24.8 Å². The average Bonchev–Trinajstić information content (AvgIpc) is 3.41. The van der Waals surface area contributed by atoms with Crippen LogP contribution in [-0.4, -0.2) is 44.7 Å². The van der Waals surface area contributed by atoms with Crippen molar-refractivity contribution in [3.05, 3.63) is 63.2 Å². The number of halogens is 1. The van der Waals surface area contributed by atoms with Crippen molar-refractivity contribution >= 4 is 23.4 Å². The smallest absolute Gasteiger partial charge is 0.280 e. The molecule has 168 valence electrons. The molecule has 9 nitrogen and oxygen atoms in total. The maximum absolute atomic E-state index is 13.1. The van der Waals surface area contributed by atoms with Crippen LogP contribution in [0.2, 0.25) is 5.02 Å². The minimum Gasteiger partial charge on any atom is -0.382 e. The van der Waals surface area contributed by atoms with E-state index in [4.69, 9.17) is 21.2 Å². The summed E-state index contributed by atoms with van der Waals surface area (Å²) in [6.07, 6.45) is 2.86. The first-order valence-electron chi connectivity index (χ1n) is 10.5. The number of benzene rings is 1. The molecule has 3 aromatic rings. The summed E-state index contributed by atoms with van der Waals surface area (Å²) >= 11 is 5.99. The lowest BCUT2D eigenvalue weighted by molar-refractivity contribution is -0.122. The Bertz CT molecular complexity index is 1160. The van der Waals surface area contributed by atoms with Crippen LogP contribution in [0, 0.1) is 0 Å². The number of hydrogen-bond donors (Lipinski definition) is 2. The zero-order chi connectivity index (χ0) is 22.7. The summed E-state index contributed by atoms with van der Waals surface area (Å²) in [5.41, 5.74) is 1.66. The van der Waals surface area contributed by atoms with Gasteiger partial charge in [0.25, 0.3) is 11.5 Å². The molecule has 4 rings (SSSR count). The Labute approximate surface area is 189 Å². The van der Waals surface area contributed by atoms with E-state index in [2.05, 4.69) is 17.4 Å². The van der Waals surface area contributed by atoms with Crippen molar-refractivity contribution in [3.63, 3.8) is 0 Å². The standard InChI is InChI=1S/C22H24ClN5O4/c1-2-3-4-16-12-27(13-21(30)24-11-17-9-20(29)26-32-17)22(31)19-10-18(25-28(16)19)14-5-7-15(23)8-6-14/h5-10,16H,2-4,11-13H2,1H3,(H,24,30)(H,26,29). The monoisotopic (exact) mass is 457 g/mol. The van der Waals surface area contributed by atoms with Gasteiger partial charge in [-0.3, -0.25) is 19.1 Å². The summed E-state index contributed by atoms with van der Waals surface area (Å²) in [4.78, 5) is 38.3. The number of aromatic amines is 1. The maximum atomic E-state index is 13.1. The SMILES string of the molecule is CCCCC1CN(CC(=O)NCc2cc(=O)[nH]o2)C(=O)c2cc(-c3ccc(Cl)cc3)nn21. The van der Waals surface area contributed by atoms with Crippen LogP contribution in [0.15, 0.2) is 45.7 Å². The second-order valence-corrected chi connectivity index (χ2v) is 8.24. The first-order valence-corrected chi connectivity index (χ1v) is 10.9.